The largest absolute Gasteiger partial charge is 0.444 e. The van der Waals surface area contributed by atoms with E-state index in [1.165, 1.54) is 12.1 Å². The Morgan fingerprint density at radius 3 is 3.15 bits per heavy atom. The molecule has 1 N–H and O–H groups in total. The van der Waals surface area contributed by atoms with Gasteiger partial charge in [0, 0.05) is 18.2 Å². The molecule has 0 radical (unpaired) electrons. The van der Waals surface area contributed by atoms with E-state index in [1.807, 2.05) is 0 Å². The number of hydrogen-bond acceptors (Lipinski definition) is 4. The topological polar surface area (TPSA) is 49.5 Å². The Labute approximate surface area is 116 Å². The van der Waals surface area contributed by atoms with Crippen LogP contribution in [-0.4, -0.2) is 34.2 Å². The van der Waals surface area contributed by atoms with Crippen LogP contribution in [0.1, 0.15) is 18.5 Å². The van der Waals surface area contributed by atoms with Crippen LogP contribution in [0.5, 0.6) is 0 Å². The van der Waals surface area contributed by atoms with Gasteiger partial charge < -0.3 is 9.52 Å². The normalized spacial score (nSPS) is 19.6. The molecule has 0 aliphatic carbocycles. The molecule has 1 atom stereocenters. The van der Waals surface area contributed by atoms with Crippen molar-refractivity contribution in [2.75, 3.05) is 13.2 Å². The minimum absolute atomic E-state index is 0.175. The fraction of sp³-hybridized carbons (Fsp3) is 0.400. The first kappa shape index (κ1) is 13.3. The summed E-state index contributed by atoms with van der Waals surface area (Å²) in [5, 5.41) is 9.30. The maximum Gasteiger partial charge on any atom is 0.226 e. The summed E-state index contributed by atoms with van der Waals surface area (Å²) in [5.41, 5.74) is 1.45. The maximum absolute atomic E-state index is 13.2. The number of aliphatic hydroxyl groups excluding tert-OH is 1. The summed E-state index contributed by atoms with van der Waals surface area (Å²) in [4.78, 5) is 6.60. The van der Waals surface area contributed by atoms with Crippen LogP contribution in [0.25, 0.3) is 11.5 Å². The van der Waals surface area contributed by atoms with Gasteiger partial charge in [-0.05, 0) is 37.6 Å². The Balaban J connectivity index is 1.74. The van der Waals surface area contributed by atoms with E-state index in [2.05, 4.69) is 9.88 Å². The third kappa shape index (κ3) is 2.73. The monoisotopic (exact) mass is 276 g/mol. The van der Waals surface area contributed by atoms with Crippen molar-refractivity contribution in [3.63, 3.8) is 0 Å². The number of hydrogen-bond donors (Lipinski definition) is 1. The minimum atomic E-state index is -0.304. The van der Waals surface area contributed by atoms with Gasteiger partial charge in [0.1, 0.15) is 12.1 Å². The first-order valence-electron chi connectivity index (χ1n) is 6.81. The minimum Gasteiger partial charge on any atom is -0.444 e. The summed E-state index contributed by atoms with van der Waals surface area (Å²) >= 11 is 0. The van der Waals surface area contributed by atoms with Crippen molar-refractivity contribution in [3.05, 3.63) is 42.0 Å². The maximum atomic E-state index is 13.2. The zero-order valence-corrected chi connectivity index (χ0v) is 11.1. The van der Waals surface area contributed by atoms with Crippen LogP contribution >= 0.6 is 0 Å². The summed E-state index contributed by atoms with van der Waals surface area (Å²) in [6, 6.07) is 6.41. The van der Waals surface area contributed by atoms with E-state index in [0.29, 0.717) is 18.0 Å². The Morgan fingerprint density at radius 2 is 2.35 bits per heavy atom. The highest BCUT2D eigenvalue weighted by atomic mass is 19.1. The van der Waals surface area contributed by atoms with E-state index in [0.717, 1.165) is 25.1 Å². The highest BCUT2D eigenvalue weighted by Crippen LogP contribution is 2.23. The smallest absolute Gasteiger partial charge is 0.226 e. The molecular formula is C15H17FN2O2. The Kier molecular flexibility index (Phi) is 3.80. The zero-order valence-electron chi connectivity index (χ0n) is 11.1. The first-order chi connectivity index (χ1) is 9.76. The first-order valence-corrected chi connectivity index (χ1v) is 6.81. The molecule has 1 aliphatic heterocycles. The molecule has 1 fully saturated rings. The second-order valence-electron chi connectivity index (χ2n) is 5.10. The second-order valence-corrected chi connectivity index (χ2v) is 5.10. The van der Waals surface area contributed by atoms with Crippen molar-refractivity contribution in [3.8, 4) is 11.5 Å². The summed E-state index contributed by atoms with van der Waals surface area (Å²) in [7, 11) is 0. The molecule has 0 amide bonds. The van der Waals surface area contributed by atoms with Gasteiger partial charge in [0.15, 0.2) is 0 Å². The molecule has 1 aromatic carbocycles. The summed E-state index contributed by atoms with van der Waals surface area (Å²) in [6.45, 7) is 1.80. The van der Waals surface area contributed by atoms with Gasteiger partial charge in [-0.25, -0.2) is 9.37 Å². The Hall–Kier alpha value is -1.72. The van der Waals surface area contributed by atoms with Crippen molar-refractivity contribution in [1.29, 1.82) is 0 Å². The number of oxazole rings is 1. The number of likely N-dealkylation sites (tertiary alicyclic amines) is 1. The van der Waals surface area contributed by atoms with Crippen LogP contribution in [0.4, 0.5) is 4.39 Å². The van der Waals surface area contributed by atoms with E-state index in [9.17, 15) is 9.50 Å². The lowest BCUT2D eigenvalue weighted by molar-refractivity contribution is 0.152. The summed E-state index contributed by atoms with van der Waals surface area (Å²) in [5.74, 6) is 0.126. The van der Waals surface area contributed by atoms with E-state index < -0.39 is 0 Å². The van der Waals surface area contributed by atoms with Gasteiger partial charge in [-0.1, -0.05) is 6.07 Å². The molecule has 1 aromatic heterocycles. The molecule has 106 valence electrons. The van der Waals surface area contributed by atoms with Crippen LogP contribution in [0.2, 0.25) is 0 Å². The van der Waals surface area contributed by atoms with E-state index in [-0.39, 0.29) is 18.5 Å². The third-order valence-electron chi connectivity index (χ3n) is 3.70. The predicted molar refractivity (Wildman–Crippen MR) is 72.4 cm³/mol. The molecule has 4 nitrogen and oxygen atoms in total. The second kappa shape index (κ2) is 5.73. The van der Waals surface area contributed by atoms with Crippen molar-refractivity contribution < 1.29 is 13.9 Å². The number of benzene rings is 1. The van der Waals surface area contributed by atoms with Gasteiger partial charge in [0.05, 0.1) is 12.3 Å². The third-order valence-corrected chi connectivity index (χ3v) is 3.70. The molecule has 0 saturated carbocycles. The van der Waals surface area contributed by atoms with Crippen LogP contribution in [0, 0.1) is 5.82 Å². The molecule has 0 bridgehead atoms. The molecule has 5 heteroatoms. The van der Waals surface area contributed by atoms with Crippen molar-refractivity contribution in [1.82, 2.24) is 9.88 Å². The van der Waals surface area contributed by atoms with Crippen LogP contribution in [-0.2, 0) is 6.54 Å². The quantitative estimate of drug-likeness (QED) is 0.932. The number of rotatable bonds is 4. The number of halogens is 1. The summed E-state index contributed by atoms with van der Waals surface area (Å²) < 4.78 is 18.6. The number of aliphatic hydroxyl groups is 1. The van der Waals surface area contributed by atoms with Gasteiger partial charge in [-0.3, -0.25) is 4.90 Å². The number of nitrogens with zero attached hydrogens (tertiary/aromatic N) is 2. The van der Waals surface area contributed by atoms with E-state index >= 15 is 0 Å². The Bertz CT molecular complexity index is 585. The molecule has 0 unspecified atom stereocenters. The lowest BCUT2D eigenvalue weighted by Crippen LogP contribution is -2.31. The molecular weight excluding hydrogens is 259 g/mol. The molecule has 2 aromatic rings. The molecule has 1 aliphatic rings. The molecule has 0 spiro atoms. The van der Waals surface area contributed by atoms with Gasteiger partial charge in [0.25, 0.3) is 0 Å². The van der Waals surface area contributed by atoms with Gasteiger partial charge >= 0.3 is 0 Å². The molecule has 2 heterocycles. The van der Waals surface area contributed by atoms with Crippen LogP contribution in [0.3, 0.4) is 0 Å². The fourth-order valence-electron chi connectivity index (χ4n) is 2.65. The number of aromatic nitrogens is 1. The molecule has 3 rings (SSSR count). The van der Waals surface area contributed by atoms with E-state index in [1.54, 1.807) is 18.4 Å². The molecule has 1 saturated heterocycles. The fourth-order valence-corrected chi connectivity index (χ4v) is 2.65. The standard InChI is InChI=1S/C15H17FN2O2/c16-12-4-1-3-11(7-12)15-17-13(10-20-15)8-18-6-2-5-14(18)9-19/h1,3-4,7,10,14,19H,2,5-6,8-9H2/t14-/m0/s1. The highest BCUT2D eigenvalue weighted by Gasteiger charge is 2.24. The van der Waals surface area contributed by atoms with Crippen molar-refractivity contribution >= 4 is 0 Å². The van der Waals surface area contributed by atoms with E-state index in [4.69, 9.17) is 4.42 Å². The SMILES string of the molecule is OC[C@@H]1CCCN1Cc1coc(-c2cccc(F)c2)n1. The lowest BCUT2D eigenvalue weighted by Gasteiger charge is -2.20. The van der Waals surface area contributed by atoms with Crippen molar-refractivity contribution in [2.24, 2.45) is 0 Å². The van der Waals surface area contributed by atoms with Crippen LogP contribution < -0.4 is 0 Å². The average Bonchev–Trinajstić information content (AvgIpc) is 3.08. The zero-order chi connectivity index (χ0) is 13.9. The van der Waals surface area contributed by atoms with Gasteiger partial charge in [-0.2, -0.15) is 0 Å². The molecule has 20 heavy (non-hydrogen) atoms. The van der Waals surface area contributed by atoms with Crippen LogP contribution in [0.15, 0.2) is 34.9 Å². The van der Waals surface area contributed by atoms with Crippen molar-refractivity contribution in [2.45, 2.75) is 25.4 Å². The van der Waals surface area contributed by atoms with Gasteiger partial charge in [-0.15, -0.1) is 0 Å². The lowest BCUT2D eigenvalue weighted by atomic mass is 10.2. The average molecular weight is 276 g/mol. The highest BCUT2D eigenvalue weighted by molar-refractivity contribution is 5.52. The predicted octanol–water partition coefficient (Wildman–Crippen LogP) is 2.44. The Morgan fingerprint density at radius 1 is 1.45 bits per heavy atom. The summed E-state index contributed by atoms with van der Waals surface area (Å²) in [6.07, 6.45) is 3.72. The van der Waals surface area contributed by atoms with Gasteiger partial charge in [0.2, 0.25) is 5.89 Å².